The van der Waals surface area contributed by atoms with E-state index in [1.165, 1.54) is 16.7 Å². The van der Waals surface area contributed by atoms with Crippen LogP contribution in [0.4, 0.5) is 0 Å². The summed E-state index contributed by atoms with van der Waals surface area (Å²) >= 11 is 0. The highest BCUT2D eigenvalue weighted by atomic mass is 32.2. The first-order valence-corrected chi connectivity index (χ1v) is 7.79. The van der Waals surface area contributed by atoms with E-state index in [0.29, 0.717) is 6.04 Å². The number of hydrogen-bond acceptors (Lipinski definition) is 2. The van der Waals surface area contributed by atoms with E-state index in [1.54, 1.807) is 0 Å². The molecule has 1 aliphatic rings. The third-order valence-electron chi connectivity index (χ3n) is 3.60. The molecule has 0 radical (unpaired) electrons. The fraction of sp³-hybridized carbons (Fsp3) is 0.571. The van der Waals surface area contributed by atoms with Crippen molar-refractivity contribution in [3.63, 3.8) is 0 Å². The Hall–Kier alpha value is -0.670. The largest absolute Gasteiger partial charge is 0.310 e. The molecule has 94 valence electrons. The Balaban J connectivity index is 1.91. The third kappa shape index (κ3) is 3.39. The molecule has 1 saturated heterocycles. The van der Waals surface area contributed by atoms with Gasteiger partial charge < -0.3 is 5.32 Å². The van der Waals surface area contributed by atoms with Gasteiger partial charge in [0.1, 0.15) is 0 Å². The minimum absolute atomic E-state index is 0.548. The zero-order chi connectivity index (χ0) is 12.3. The van der Waals surface area contributed by atoms with Crippen LogP contribution in [0.3, 0.4) is 0 Å². The molecule has 0 spiro atoms. The quantitative estimate of drug-likeness (QED) is 0.893. The lowest BCUT2D eigenvalue weighted by Gasteiger charge is -2.23. The van der Waals surface area contributed by atoms with Crippen LogP contribution in [0, 0.1) is 13.8 Å². The van der Waals surface area contributed by atoms with Crippen LogP contribution >= 0.6 is 0 Å². The van der Waals surface area contributed by atoms with Crippen molar-refractivity contribution in [3.05, 3.63) is 34.9 Å². The zero-order valence-electron chi connectivity index (χ0n) is 10.7. The maximum Gasteiger partial charge on any atom is 0.0249 e. The minimum Gasteiger partial charge on any atom is -0.310 e. The predicted molar refractivity (Wildman–Crippen MR) is 73.7 cm³/mol. The van der Waals surface area contributed by atoms with Crippen molar-refractivity contribution in [2.24, 2.45) is 0 Å². The number of aryl methyl sites for hydroxylation is 2. The third-order valence-corrected chi connectivity index (χ3v) is 4.98. The van der Waals surface area contributed by atoms with E-state index in [4.69, 9.17) is 0 Å². The van der Waals surface area contributed by atoms with Gasteiger partial charge in [0, 0.05) is 34.9 Å². The van der Waals surface area contributed by atoms with Crippen molar-refractivity contribution in [2.75, 3.05) is 11.5 Å². The van der Waals surface area contributed by atoms with Gasteiger partial charge in [0.2, 0.25) is 0 Å². The number of hydrogen-bond donors (Lipinski definition) is 1. The highest BCUT2D eigenvalue weighted by molar-refractivity contribution is 7.85. The predicted octanol–water partition coefficient (Wildman–Crippen LogP) is 2.30. The molecule has 0 atom stereocenters. The molecule has 3 heteroatoms. The molecule has 0 unspecified atom stereocenters. The molecule has 1 N–H and O–H groups in total. The van der Waals surface area contributed by atoms with Crippen LogP contribution in [0.15, 0.2) is 18.2 Å². The van der Waals surface area contributed by atoms with Crippen LogP contribution in [-0.2, 0) is 17.3 Å². The molecule has 0 aliphatic carbocycles. The van der Waals surface area contributed by atoms with Crippen molar-refractivity contribution in [1.29, 1.82) is 0 Å². The Labute approximate surface area is 106 Å². The van der Waals surface area contributed by atoms with Crippen LogP contribution < -0.4 is 5.32 Å². The summed E-state index contributed by atoms with van der Waals surface area (Å²) in [7, 11) is -0.558. The maximum absolute atomic E-state index is 11.3. The molecule has 1 heterocycles. The molecule has 1 aromatic carbocycles. The second-order valence-corrected chi connectivity index (χ2v) is 6.57. The Kier molecular flexibility index (Phi) is 4.35. The molecule has 1 fully saturated rings. The second-order valence-electron chi connectivity index (χ2n) is 4.87. The molecule has 0 bridgehead atoms. The number of nitrogens with one attached hydrogen (secondary N) is 1. The molecule has 17 heavy (non-hydrogen) atoms. The summed E-state index contributed by atoms with van der Waals surface area (Å²) in [5, 5.41) is 3.61. The van der Waals surface area contributed by atoms with Crippen LogP contribution in [0.1, 0.15) is 29.5 Å². The summed E-state index contributed by atoms with van der Waals surface area (Å²) in [6, 6.07) is 6.99. The fourth-order valence-electron chi connectivity index (χ4n) is 2.37. The van der Waals surface area contributed by atoms with E-state index < -0.39 is 10.8 Å². The number of benzene rings is 1. The standard InChI is InChI=1S/C14H21NOS/c1-11-4-3-5-12(2)14(11)10-15-13-6-8-17(16)9-7-13/h3-5,13,15H,6-10H2,1-2H3. The van der Waals surface area contributed by atoms with Gasteiger partial charge >= 0.3 is 0 Å². The molecular weight excluding hydrogens is 230 g/mol. The number of rotatable bonds is 3. The zero-order valence-corrected chi connectivity index (χ0v) is 11.5. The van der Waals surface area contributed by atoms with Crippen LogP contribution in [0.2, 0.25) is 0 Å². The van der Waals surface area contributed by atoms with E-state index in [0.717, 1.165) is 30.9 Å². The summed E-state index contributed by atoms with van der Waals surface area (Å²) in [5.74, 6) is 1.73. The first-order chi connectivity index (χ1) is 8.16. The van der Waals surface area contributed by atoms with Gasteiger partial charge in [0.15, 0.2) is 0 Å². The second kappa shape index (κ2) is 5.78. The van der Waals surface area contributed by atoms with E-state index in [9.17, 15) is 4.21 Å². The van der Waals surface area contributed by atoms with Gasteiger partial charge in [-0.15, -0.1) is 0 Å². The van der Waals surface area contributed by atoms with Crippen molar-refractivity contribution in [3.8, 4) is 0 Å². The minimum atomic E-state index is -0.558. The SMILES string of the molecule is Cc1cccc(C)c1CNC1CCS(=O)CC1. The summed E-state index contributed by atoms with van der Waals surface area (Å²) in [6.45, 7) is 5.27. The van der Waals surface area contributed by atoms with E-state index in [1.807, 2.05) is 0 Å². The fourth-order valence-corrected chi connectivity index (χ4v) is 3.67. The van der Waals surface area contributed by atoms with Crippen molar-refractivity contribution in [2.45, 2.75) is 39.3 Å². The van der Waals surface area contributed by atoms with Crippen LogP contribution in [0.25, 0.3) is 0 Å². The highest BCUT2D eigenvalue weighted by Gasteiger charge is 2.17. The first kappa shape index (κ1) is 12.8. The average Bonchev–Trinajstić information content (AvgIpc) is 2.31. The van der Waals surface area contributed by atoms with Crippen LogP contribution in [0.5, 0.6) is 0 Å². The lowest BCUT2D eigenvalue weighted by Crippen LogP contribution is -2.35. The van der Waals surface area contributed by atoms with E-state index in [2.05, 4.69) is 37.4 Å². The Morgan fingerprint density at radius 3 is 2.41 bits per heavy atom. The molecule has 1 aliphatic heterocycles. The lowest BCUT2D eigenvalue weighted by molar-refractivity contribution is 0.474. The van der Waals surface area contributed by atoms with Gasteiger partial charge in [0.25, 0.3) is 0 Å². The summed E-state index contributed by atoms with van der Waals surface area (Å²) in [5.41, 5.74) is 4.13. The topological polar surface area (TPSA) is 29.1 Å². The normalized spacial score (nSPS) is 24.8. The maximum atomic E-state index is 11.3. The summed E-state index contributed by atoms with van der Waals surface area (Å²) in [4.78, 5) is 0. The van der Waals surface area contributed by atoms with Crippen molar-refractivity contribution in [1.82, 2.24) is 5.32 Å². The van der Waals surface area contributed by atoms with Gasteiger partial charge in [-0.1, -0.05) is 18.2 Å². The molecule has 0 amide bonds. The Morgan fingerprint density at radius 1 is 1.24 bits per heavy atom. The monoisotopic (exact) mass is 251 g/mol. The first-order valence-electron chi connectivity index (χ1n) is 6.30. The van der Waals surface area contributed by atoms with Crippen molar-refractivity contribution >= 4 is 10.8 Å². The van der Waals surface area contributed by atoms with E-state index >= 15 is 0 Å². The Morgan fingerprint density at radius 2 is 1.82 bits per heavy atom. The van der Waals surface area contributed by atoms with Gasteiger partial charge in [-0.25, -0.2) is 0 Å². The van der Waals surface area contributed by atoms with Gasteiger partial charge in [-0.3, -0.25) is 4.21 Å². The summed E-state index contributed by atoms with van der Waals surface area (Å²) in [6.07, 6.45) is 2.11. The van der Waals surface area contributed by atoms with Crippen molar-refractivity contribution < 1.29 is 4.21 Å². The summed E-state index contributed by atoms with van der Waals surface area (Å²) < 4.78 is 11.3. The highest BCUT2D eigenvalue weighted by Crippen LogP contribution is 2.15. The average molecular weight is 251 g/mol. The molecule has 0 aromatic heterocycles. The van der Waals surface area contributed by atoms with Crippen LogP contribution in [-0.4, -0.2) is 21.8 Å². The molecule has 1 aromatic rings. The van der Waals surface area contributed by atoms with E-state index in [-0.39, 0.29) is 0 Å². The smallest absolute Gasteiger partial charge is 0.0249 e. The molecule has 2 nitrogen and oxygen atoms in total. The molecule has 2 rings (SSSR count). The molecule has 0 saturated carbocycles. The molecular formula is C14H21NOS. The van der Waals surface area contributed by atoms with Gasteiger partial charge in [-0.05, 0) is 43.4 Å². The lowest BCUT2D eigenvalue weighted by atomic mass is 10.0. The van der Waals surface area contributed by atoms with Gasteiger partial charge in [-0.2, -0.15) is 0 Å². The van der Waals surface area contributed by atoms with Gasteiger partial charge in [0.05, 0.1) is 0 Å². The Bertz CT molecular complexity index is 386.